The van der Waals surface area contributed by atoms with Crippen molar-refractivity contribution in [3.8, 4) is 0 Å². The quantitative estimate of drug-likeness (QED) is 0.664. The van der Waals surface area contributed by atoms with Crippen molar-refractivity contribution in [3.05, 3.63) is 28.2 Å². The normalized spacial score (nSPS) is 23.6. The Morgan fingerprint density at radius 2 is 2.00 bits per heavy atom. The first kappa shape index (κ1) is 24.2. The van der Waals surface area contributed by atoms with Gasteiger partial charge in [-0.25, -0.2) is 13.2 Å². The van der Waals surface area contributed by atoms with Gasteiger partial charge >= 0.3 is 6.09 Å². The molecule has 0 saturated carbocycles. The van der Waals surface area contributed by atoms with E-state index in [1.807, 2.05) is 0 Å². The number of alkyl carbamates (subject to hydrolysis) is 1. The number of thioether (sulfide) groups is 1. The van der Waals surface area contributed by atoms with Crippen LogP contribution in [0.3, 0.4) is 0 Å². The van der Waals surface area contributed by atoms with E-state index in [2.05, 4.69) is 10.3 Å². The Morgan fingerprint density at radius 1 is 1.29 bits per heavy atom. The van der Waals surface area contributed by atoms with Gasteiger partial charge in [-0.05, 0) is 39.0 Å². The van der Waals surface area contributed by atoms with E-state index in [4.69, 9.17) is 27.9 Å². The summed E-state index contributed by atoms with van der Waals surface area (Å²) in [5.41, 5.74) is -0.131. The number of sulfone groups is 1. The molecule has 2 amide bonds. The summed E-state index contributed by atoms with van der Waals surface area (Å²) < 4.78 is 29.4. The number of carbonyl (C=O) groups is 2. The number of fused-ring (bicyclic) bond motifs is 1. The van der Waals surface area contributed by atoms with Crippen LogP contribution >= 0.6 is 35.0 Å². The van der Waals surface area contributed by atoms with Crippen molar-refractivity contribution in [1.29, 1.82) is 0 Å². The van der Waals surface area contributed by atoms with Crippen LogP contribution in [0.4, 0.5) is 10.5 Å². The molecule has 0 aliphatic carbocycles. The van der Waals surface area contributed by atoms with Gasteiger partial charge in [0.05, 0.1) is 28.3 Å². The van der Waals surface area contributed by atoms with E-state index < -0.39 is 33.5 Å². The molecule has 1 N–H and O–H groups in total. The average Bonchev–Trinajstić information content (AvgIpc) is 3.06. The number of aliphatic imine (C=N–C) groups is 1. The van der Waals surface area contributed by atoms with Gasteiger partial charge in [0.15, 0.2) is 15.0 Å². The highest BCUT2D eigenvalue weighted by atomic mass is 35.5. The zero-order valence-corrected chi connectivity index (χ0v) is 20.4. The molecule has 2 aliphatic rings. The lowest BCUT2D eigenvalue weighted by Crippen LogP contribution is -2.38. The van der Waals surface area contributed by atoms with Gasteiger partial charge in [0, 0.05) is 23.2 Å². The average molecular weight is 508 g/mol. The van der Waals surface area contributed by atoms with Crippen molar-refractivity contribution in [3.63, 3.8) is 0 Å². The summed E-state index contributed by atoms with van der Waals surface area (Å²) in [6.45, 7) is 5.29. The number of hydrogen-bond acceptors (Lipinski definition) is 6. The maximum atomic E-state index is 12.4. The lowest BCUT2D eigenvalue weighted by atomic mass is 10.2. The maximum absolute atomic E-state index is 12.4. The molecule has 2 fully saturated rings. The number of ether oxygens (including phenoxy) is 1. The molecule has 2 atom stereocenters. The first-order valence-electron chi connectivity index (χ1n) is 9.54. The number of carbonyl (C=O) groups excluding carboxylic acids is 2. The number of nitrogens with one attached hydrogen (secondary N) is 1. The minimum absolute atomic E-state index is 0.00439. The number of hydrogen-bond donors (Lipinski definition) is 1. The van der Waals surface area contributed by atoms with E-state index >= 15 is 0 Å². The number of amidine groups is 1. The fourth-order valence-electron chi connectivity index (χ4n) is 3.26. The summed E-state index contributed by atoms with van der Waals surface area (Å²) in [5.74, 6) is -0.504. The Kier molecular flexibility index (Phi) is 7.15. The topological polar surface area (TPSA) is 105 Å². The molecule has 31 heavy (non-hydrogen) atoms. The first-order valence-corrected chi connectivity index (χ1v) is 13.0. The lowest BCUT2D eigenvalue weighted by Gasteiger charge is -2.25. The number of anilines is 1. The summed E-state index contributed by atoms with van der Waals surface area (Å²) >= 11 is 13.7. The van der Waals surface area contributed by atoms with Gasteiger partial charge in [-0.3, -0.25) is 4.79 Å². The highest BCUT2D eigenvalue weighted by Crippen LogP contribution is 2.43. The minimum atomic E-state index is -3.20. The number of amides is 2. The third kappa shape index (κ3) is 6.27. The third-order valence-corrected chi connectivity index (χ3v) is 8.23. The van der Waals surface area contributed by atoms with Gasteiger partial charge in [0.25, 0.3) is 0 Å². The molecule has 170 valence electrons. The second-order valence-corrected chi connectivity index (χ2v) is 12.4. The van der Waals surface area contributed by atoms with Crippen LogP contribution in [0.15, 0.2) is 23.2 Å². The Bertz CT molecular complexity index is 1020. The van der Waals surface area contributed by atoms with Crippen LogP contribution in [0.2, 0.25) is 10.0 Å². The van der Waals surface area contributed by atoms with Gasteiger partial charge in [-0.1, -0.05) is 35.0 Å². The van der Waals surface area contributed by atoms with E-state index in [0.717, 1.165) is 0 Å². The summed E-state index contributed by atoms with van der Waals surface area (Å²) in [4.78, 5) is 30.0. The van der Waals surface area contributed by atoms with E-state index in [1.165, 1.54) is 11.8 Å². The van der Waals surface area contributed by atoms with Crippen LogP contribution in [-0.4, -0.2) is 60.5 Å². The Balaban J connectivity index is 1.75. The smallest absolute Gasteiger partial charge is 0.407 e. The SMILES string of the molecule is CC(C)(C)OC(=O)NCCC(=O)N=C1S[C@@H]2CS(=O)(=O)C[C@H]2N1c1cc(Cl)ccc1Cl. The molecular weight excluding hydrogens is 485 g/mol. The van der Waals surface area contributed by atoms with E-state index in [0.29, 0.717) is 20.9 Å². The highest BCUT2D eigenvalue weighted by molar-refractivity contribution is 8.16. The predicted octanol–water partition coefficient (Wildman–Crippen LogP) is 3.51. The molecule has 0 bridgehead atoms. The molecule has 1 aromatic carbocycles. The van der Waals surface area contributed by atoms with Crippen LogP contribution in [-0.2, 0) is 19.4 Å². The van der Waals surface area contributed by atoms with Crippen LogP contribution < -0.4 is 10.2 Å². The summed E-state index contributed by atoms with van der Waals surface area (Å²) in [7, 11) is -3.20. The summed E-state index contributed by atoms with van der Waals surface area (Å²) in [6, 6.07) is 4.48. The van der Waals surface area contributed by atoms with E-state index in [1.54, 1.807) is 43.9 Å². The van der Waals surface area contributed by atoms with Gasteiger partial charge in [0.2, 0.25) is 5.91 Å². The molecule has 2 aliphatic heterocycles. The minimum Gasteiger partial charge on any atom is -0.444 e. The maximum Gasteiger partial charge on any atom is 0.407 e. The van der Waals surface area contributed by atoms with E-state index in [9.17, 15) is 18.0 Å². The van der Waals surface area contributed by atoms with Crippen molar-refractivity contribution in [2.24, 2.45) is 4.99 Å². The molecule has 8 nitrogen and oxygen atoms in total. The van der Waals surface area contributed by atoms with Gasteiger partial charge in [-0.2, -0.15) is 4.99 Å². The van der Waals surface area contributed by atoms with Crippen molar-refractivity contribution < 1.29 is 22.7 Å². The fourth-order valence-corrected chi connectivity index (χ4v) is 7.56. The van der Waals surface area contributed by atoms with Crippen LogP contribution in [0, 0.1) is 0 Å². The molecule has 0 spiro atoms. The second-order valence-electron chi connectivity index (χ2n) is 8.23. The molecule has 12 heteroatoms. The Morgan fingerprint density at radius 3 is 2.68 bits per heavy atom. The van der Waals surface area contributed by atoms with Crippen LogP contribution in [0.1, 0.15) is 27.2 Å². The number of halogens is 2. The monoisotopic (exact) mass is 507 g/mol. The molecule has 1 aromatic rings. The molecule has 3 rings (SSSR count). The summed E-state index contributed by atoms with van der Waals surface area (Å²) in [5, 5.41) is 3.44. The zero-order valence-electron chi connectivity index (χ0n) is 17.2. The molecular formula is C19H23Cl2N3O5S2. The van der Waals surface area contributed by atoms with Crippen molar-refractivity contribution in [2.45, 2.75) is 44.1 Å². The number of nitrogens with zero attached hydrogens (tertiary/aromatic N) is 2. The van der Waals surface area contributed by atoms with Gasteiger partial charge in [0.1, 0.15) is 5.60 Å². The Labute approximate surface area is 195 Å². The summed E-state index contributed by atoms with van der Waals surface area (Å²) in [6.07, 6.45) is -0.649. The number of rotatable bonds is 4. The third-order valence-electron chi connectivity index (χ3n) is 4.46. The Hall–Kier alpha value is -1.49. The predicted molar refractivity (Wildman–Crippen MR) is 124 cm³/mol. The molecule has 0 unspecified atom stereocenters. The molecule has 2 saturated heterocycles. The van der Waals surface area contributed by atoms with Crippen molar-refractivity contribution in [1.82, 2.24) is 5.32 Å². The second kappa shape index (κ2) is 9.17. The van der Waals surface area contributed by atoms with Crippen molar-refractivity contribution >= 4 is 67.7 Å². The van der Waals surface area contributed by atoms with Crippen molar-refractivity contribution in [2.75, 3.05) is 23.0 Å². The largest absolute Gasteiger partial charge is 0.444 e. The molecule has 0 radical (unpaired) electrons. The first-order chi connectivity index (χ1) is 14.3. The van der Waals surface area contributed by atoms with E-state index in [-0.39, 0.29) is 29.7 Å². The molecule has 0 aromatic heterocycles. The van der Waals surface area contributed by atoms with Crippen LogP contribution in [0.5, 0.6) is 0 Å². The standard InChI is InChI=1S/C19H23Cl2N3O5S2/c1-19(2,3)29-18(26)22-7-6-16(25)23-17-24(13-8-11(20)4-5-12(13)21)14-9-31(27,28)10-15(14)30-17/h4-5,8,14-15H,6-7,9-10H2,1-3H3,(H,22,26)/t14-,15-/m1/s1. The van der Waals surface area contributed by atoms with Gasteiger partial charge < -0.3 is 15.0 Å². The fraction of sp³-hybridized carbons (Fsp3) is 0.526. The lowest BCUT2D eigenvalue weighted by molar-refractivity contribution is -0.117. The zero-order chi connectivity index (χ0) is 23.0. The highest BCUT2D eigenvalue weighted by Gasteiger charge is 2.49. The number of benzene rings is 1. The van der Waals surface area contributed by atoms with Crippen LogP contribution in [0.25, 0.3) is 0 Å². The molecule has 2 heterocycles. The van der Waals surface area contributed by atoms with Gasteiger partial charge in [-0.15, -0.1) is 0 Å².